The van der Waals surface area contributed by atoms with Crippen LogP contribution < -0.4 is 5.32 Å². The van der Waals surface area contributed by atoms with E-state index in [4.69, 9.17) is 33.2 Å². The molecule has 0 saturated carbocycles. The van der Waals surface area contributed by atoms with E-state index in [0.717, 1.165) is 5.57 Å². The molecule has 0 aromatic rings. The second kappa shape index (κ2) is 14.0. The number of carbonyl (C=O) groups is 1. The maximum atomic E-state index is 13.9. The van der Waals surface area contributed by atoms with Crippen LogP contribution in [0.5, 0.6) is 0 Å². The lowest BCUT2D eigenvalue weighted by molar-refractivity contribution is -0.314. The molecule has 16 atom stereocenters. The lowest BCUT2D eigenvalue weighted by Gasteiger charge is -2.48. The van der Waals surface area contributed by atoms with Crippen molar-refractivity contribution in [2.75, 3.05) is 14.2 Å². The number of ether oxygens (including phenoxy) is 7. The van der Waals surface area contributed by atoms with Gasteiger partial charge in [0.25, 0.3) is 0 Å². The van der Waals surface area contributed by atoms with Crippen LogP contribution in [0.4, 0.5) is 0 Å². The molecule has 12 nitrogen and oxygen atoms in total. The third-order valence-electron chi connectivity index (χ3n) is 10.6. The van der Waals surface area contributed by atoms with E-state index < -0.39 is 90.2 Å². The number of rotatable bonds is 7. The summed E-state index contributed by atoms with van der Waals surface area (Å²) >= 11 is 0. The molecule has 0 aromatic carbocycles. The van der Waals surface area contributed by atoms with Gasteiger partial charge in [-0.15, -0.1) is 0 Å². The lowest BCUT2D eigenvalue weighted by atomic mass is 9.79. The Bertz CT molecular complexity index is 1070. The van der Waals surface area contributed by atoms with Gasteiger partial charge in [-0.25, -0.2) is 0 Å². The third kappa shape index (κ3) is 7.24. The fourth-order valence-corrected chi connectivity index (χ4v) is 7.83. The molecule has 4 aliphatic heterocycles. The highest BCUT2D eigenvalue weighted by atomic mass is 16.7. The second-order valence-corrected chi connectivity index (χ2v) is 14.3. The summed E-state index contributed by atoms with van der Waals surface area (Å²) in [5.74, 6) is -1.68. The van der Waals surface area contributed by atoms with Crippen LogP contribution in [-0.2, 0) is 38.0 Å². The molecule has 4 N–H and O–H groups in total. The van der Waals surface area contributed by atoms with Crippen LogP contribution in [0.2, 0.25) is 0 Å². The molecular formula is C33H57NO11. The molecule has 4 rings (SSSR count). The minimum Gasteiger partial charge on any atom is -0.488 e. The molecular weight excluding hydrogens is 586 g/mol. The first-order valence-electron chi connectivity index (χ1n) is 16.4. The molecule has 3 saturated heterocycles. The van der Waals surface area contributed by atoms with Crippen LogP contribution >= 0.6 is 0 Å². The van der Waals surface area contributed by atoms with Crippen LogP contribution in [0.25, 0.3) is 0 Å². The zero-order valence-corrected chi connectivity index (χ0v) is 28.8. The molecule has 45 heavy (non-hydrogen) atoms. The molecule has 4 heterocycles. The Morgan fingerprint density at radius 2 is 1.71 bits per heavy atom. The van der Waals surface area contributed by atoms with Gasteiger partial charge in [0.15, 0.2) is 12.6 Å². The molecule has 0 spiro atoms. The summed E-state index contributed by atoms with van der Waals surface area (Å²) in [5.41, 5.74) is -0.929. The SMILES string of the molecule is CNC1CC(C)O[C@@H](O[C@@H]2[C@@H](C)[C@H](O[C@H]3CC(C)(OC)[C@@H](O)C(C)O3)[C@@H](C)C(=O)O[C@@H](C(C)O)[C@@H](C)C3=C(C)C[C@]2(C)O3)C1O. The standard InChI is InChI=1S/C33H57NO11/c1-15-13-33(9)29(44-31-24(36)22(34-10)12-16(2)40-31)18(4)26(42-23-14-32(8,39-11)28(37)21(7)41-23)19(5)30(38)43-27(20(6)35)17(3)25(15)45-33/h16-24,26-29,31,34-37H,12-14H2,1-11H3/t16?,17-,18-,19+,20?,21?,22?,23-,24?,26-,27+,28-,29+,31-,32?,33-/m0/s1. The van der Waals surface area contributed by atoms with Crippen molar-refractivity contribution in [3.05, 3.63) is 11.3 Å². The van der Waals surface area contributed by atoms with Crippen molar-refractivity contribution in [1.82, 2.24) is 5.32 Å². The molecule has 0 aliphatic carbocycles. The fraction of sp³-hybridized carbons (Fsp3) is 0.909. The van der Waals surface area contributed by atoms with Gasteiger partial charge in [0, 0.05) is 31.9 Å². The number of methoxy groups -OCH3 is 1. The Balaban J connectivity index is 1.78. The zero-order chi connectivity index (χ0) is 33.6. The zero-order valence-electron chi connectivity index (χ0n) is 28.8. The Morgan fingerprint density at radius 1 is 1.04 bits per heavy atom. The molecule has 12 heteroatoms. The average molecular weight is 644 g/mol. The largest absolute Gasteiger partial charge is 0.488 e. The number of nitrogens with one attached hydrogen (secondary N) is 1. The van der Waals surface area contributed by atoms with Gasteiger partial charge in [-0.05, 0) is 67.5 Å². The Labute approximate surface area is 268 Å². The van der Waals surface area contributed by atoms with E-state index in [-0.39, 0.29) is 18.6 Å². The van der Waals surface area contributed by atoms with Gasteiger partial charge in [-0.2, -0.15) is 0 Å². The summed E-state index contributed by atoms with van der Waals surface area (Å²) in [7, 11) is 3.34. The number of fused-ring (bicyclic) bond motifs is 2. The summed E-state index contributed by atoms with van der Waals surface area (Å²) < 4.78 is 44.2. The fourth-order valence-electron chi connectivity index (χ4n) is 7.83. The van der Waals surface area contributed by atoms with Gasteiger partial charge in [0.05, 0.1) is 41.9 Å². The maximum Gasteiger partial charge on any atom is 0.311 e. The molecule has 0 amide bonds. The van der Waals surface area contributed by atoms with Crippen LogP contribution in [0.3, 0.4) is 0 Å². The van der Waals surface area contributed by atoms with Gasteiger partial charge >= 0.3 is 5.97 Å². The number of cyclic esters (lactones) is 1. The van der Waals surface area contributed by atoms with Crippen molar-refractivity contribution in [3.63, 3.8) is 0 Å². The highest BCUT2D eigenvalue weighted by molar-refractivity contribution is 5.73. The van der Waals surface area contributed by atoms with E-state index in [1.54, 1.807) is 34.7 Å². The smallest absolute Gasteiger partial charge is 0.311 e. The van der Waals surface area contributed by atoms with Gasteiger partial charge in [0.1, 0.15) is 35.8 Å². The Hall–Kier alpha value is -1.35. The quantitative estimate of drug-likeness (QED) is 0.301. The number of hydrogen-bond acceptors (Lipinski definition) is 12. The number of aliphatic hydroxyl groups excluding tert-OH is 3. The van der Waals surface area contributed by atoms with Crippen LogP contribution in [0, 0.1) is 17.8 Å². The van der Waals surface area contributed by atoms with Crippen LogP contribution in [0.15, 0.2) is 11.3 Å². The van der Waals surface area contributed by atoms with Crippen molar-refractivity contribution >= 4 is 5.97 Å². The minimum atomic E-state index is -0.975. The molecule has 4 aliphatic rings. The average Bonchev–Trinajstić information content (AvgIpc) is 3.29. The van der Waals surface area contributed by atoms with E-state index in [9.17, 15) is 20.1 Å². The van der Waals surface area contributed by atoms with Crippen molar-refractivity contribution in [2.45, 2.75) is 160 Å². The second-order valence-electron chi connectivity index (χ2n) is 14.3. The van der Waals surface area contributed by atoms with Crippen LogP contribution in [0.1, 0.15) is 81.6 Å². The highest BCUT2D eigenvalue weighted by Crippen LogP contribution is 2.47. The Morgan fingerprint density at radius 3 is 2.31 bits per heavy atom. The Kier molecular flexibility index (Phi) is 11.4. The molecule has 0 aromatic heterocycles. The predicted molar refractivity (Wildman–Crippen MR) is 164 cm³/mol. The molecule has 260 valence electrons. The predicted octanol–water partition coefficient (Wildman–Crippen LogP) is 2.41. The van der Waals surface area contributed by atoms with Gasteiger partial charge in [-0.1, -0.05) is 13.8 Å². The number of esters is 1. The summed E-state index contributed by atoms with van der Waals surface area (Å²) in [4.78, 5) is 13.9. The number of hydrogen-bond donors (Lipinski definition) is 4. The van der Waals surface area contributed by atoms with E-state index >= 15 is 0 Å². The van der Waals surface area contributed by atoms with E-state index in [2.05, 4.69) is 5.32 Å². The molecule has 2 bridgehead atoms. The summed E-state index contributed by atoms with van der Waals surface area (Å²) in [6.07, 6.45) is -6.48. The van der Waals surface area contributed by atoms with E-state index in [0.29, 0.717) is 18.6 Å². The number of likely N-dealkylation sites (N-methyl/N-ethyl adjacent to an activating group) is 1. The van der Waals surface area contributed by atoms with E-state index in [1.807, 2.05) is 34.6 Å². The van der Waals surface area contributed by atoms with E-state index in [1.165, 1.54) is 7.11 Å². The van der Waals surface area contributed by atoms with Crippen molar-refractivity contribution < 1.29 is 53.3 Å². The van der Waals surface area contributed by atoms with Crippen molar-refractivity contribution in [2.24, 2.45) is 17.8 Å². The normalized spacial score (nSPS) is 48.8. The molecule has 0 radical (unpaired) electrons. The number of aliphatic hydroxyl groups is 3. The monoisotopic (exact) mass is 643 g/mol. The van der Waals surface area contributed by atoms with Crippen molar-refractivity contribution in [1.29, 1.82) is 0 Å². The number of carbonyl (C=O) groups excluding carboxylic acids is 1. The van der Waals surface area contributed by atoms with Gasteiger partial charge in [0.2, 0.25) is 0 Å². The lowest BCUT2D eigenvalue weighted by Crippen LogP contribution is -2.60. The topological polar surface area (TPSA) is 154 Å². The first-order valence-corrected chi connectivity index (χ1v) is 16.4. The maximum absolute atomic E-state index is 13.9. The van der Waals surface area contributed by atoms with Gasteiger partial charge in [-0.3, -0.25) is 4.79 Å². The minimum absolute atomic E-state index is 0.176. The van der Waals surface area contributed by atoms with Crippen LogP contribution in [-0.4, -0.2) is 114 Å². The summed E-state index contributed by atoms with van der Waals surface area (Å²) in [6.45, 7) is 16.6. The molecule has 6 unspecified atom stereocenters. The van der Waals surface area contributed by atoms with Gasteiger partial charge < -0.3 is 53.8 Å². The summed E-state index contributed by atoms with van der Waals surface area (Å²) in [6, 6.07) is -0.243. The highest BCUT2D eigenvalue weighted by Gasteiger charge is 2.55. The first-order chi connectivity index (χ1) is 21.0. The van der Waals surface area contributed by atoms with Crippen molar-refractivity contribution in [3.8, 4) is 0 Å². The molecule has 3 fully saturated rings. The summed E-state index contributed by atoms with van der Waals surface area (Å²) in [5, 5.41) is 36.0. The third-order valence-corrected chi connectivity index (χ3v) is 10.6. The first kappa shape index (κ1) is 36.5.